The summed E-state index contributed by atoms with van der Waals surface area (Å²) in [5.74, 6) is 1.10. The Hall–Kier alpha value is -1.65. The zero-order valence-electron chi connectivity index (χ0n) is 17.4. The lowest BCUT2D eigenvalue weighted by Crippen LogP contribution is -2.67. The molecule has 0 bridgehead atoms. The van der Waals surface area contributed by atoms with Gasteiger partial charge in [-0.25, -0.2) is 0 Å². The molecule has 2 aliphatic rings. The highest BCUT2D eigenvalue weighted by Gasteiger charge is 2.48. The molecule has 4 heteroatoms. The third kappa shape index (κ3) is 4.84. The maximum Gasteiger partial charge on any atom is 0.219 e. The Labute approximate surface area is 170 Å². The quantitative estimate of drug-likeness (QED) is 0.713. The first-order valence-electron chi connectivity index (χ1n) is 11.0. The predicted octanol–water partition coefficient (Wildman–Crippen LogP) is 3.95. The fourth-order valence-electron chi connectivity index (χ4n) is 5.02. The van der Waals surface area contributed by atoms with Crippen LogP contribution in [0.4, 0.5) is 0 Å². The van der Waals surface area contributed by atoms with Crippen LogP contribution in [-0.2, 0) is 4.79 Å². The van der Waals surface area contributed by atoms with Crippen molar-refractivity contribution in [2.45, 2.75) is 70.4 Å². The molecule has 2 N–H and O–H groups in total. The van der Waals surface area contributed by atoms with Crippen molar-refractivity contribution in [1.82, 2.24) is 10.2 Å². The summed E-state index contributed by atoms with van der Waals surface area (Å²) in [6.07, 6.45) is 11.3. The lowest BCUT2D eigenvalue weighted by molar-refractivity contribution is -0.122. The molecule has 0 aromatic heterocycles. The third-order valence-corrected chi connectivity index (χ3v) is 6.57. The summed E-state index contributed by atoms with van der Waals surface area (Å²) in [5, 5.41) is 13.3. The van der Waals surface area contributed by atoms with Crippen LogP contribution in [0.5, 0.6) is 0 Å². The molecule has 0 spiro atoms. The van der Waals surface area contributed by atoms with Crippen molar-refractivity contribution in [1.29, 1.82) is 0 Å². The number of rotatable bonds is 8. The van der Waals surface area contributed by atoms with Gasteiger partial charge in [0.15, 0.2) is 0 Å². The van der Waals surface area contributed by atoms with Gasteiger partial charge in [0.1, 0.15) is 0 Å². The highest BCUT2D eigenvalue weighted by Crippen LogP contribution is 2.42. The van der Waals surface area contributed by atoms with Crippen molar-refractivity contribution in [2.75, 3.05) is 19.7 Å². The molecule has 1 aromatic rings. The Morgan fingerprint density at radius 3 is 2.50 bits per heavy atom. The van der Waals surface area contributed by atoms with Crippen LogP contribution in [0.1, 0.15) is 69.4 Å². The zero-order valence-corrected chi connectivity index (χ0v) is 17.4. The largest absolute Gasteiger partial charge is 0.395 e. The Morgan fingerprint density at radius 2 is 1.89 bits per heavy atom. The molecule has 1 aliphatic carbocycles. The van der Waals surface area contributed by atoms with Gasteiger partial charge in [0.25, 0.3) is 0 Å². The van der Waals surface area contributed by atoms with E-state index in [1.165, 1.54) is 43.2 Å². The maximum atomic E-state index is 11.9. The molecule has 1 aliphatic heterocycles. The minimum atomic E-state index is 0.104. The van der Waals surface area contributed by atoms with Crippen LogP contribution in [0.15, 0.2) is 30.3 Å². The van der Waals surface area contributed by atoms with Crippen LogP contribution < -0.4 is 5.32 Å². The second-order valence-electron chi connectivity index (χ2n) is 8.37. The number of nitrogens with zero attached hydrogens (tertiary/aromatic N) is 1. The normalized spacial score (nSPS) is 26.3. The molecule has 28 heavy (non-hydrogen) atoms. The van der Waals surface area contributed by atoms with Gasteiger partial charge in [-0.15, -0.1) is 0 Å². The molecule has 1 saturated heterocycles. The zero-order chi connectivity index (χ0) is 19.9. The number of aliphatic hydroxyl groups excluding tert-OH is 1. The Morgan fingerprint density at radius 1 is 1.18 bits per heavy atom. The highest BCUT2D eigenvalue weighted by molar-refractivity contribution is 5.75. The minimum Gasteiger partial charge on any atom is -0.395 e. The molecule has 1 saturated carbocycles. The van der Waals surface area contributed by atoms with Crippen LogP contribution in [0.25, 0.3) is 6.08 Å². The van der Waals surface area contributed by atoms with Crippen LogP contribution in [0.3, 0.4) is 0 Å². The molecular weight excluding hydrogens is 348 g/mol. The van der Waals surface area contributed by atoms with Gasteiger partial charge < -0.3 is 10.4 Å². The van der Waals surface area contributed by atoms with Crippen LogP contribution >= 0.6 is 0 Å². The Bertz CT molecular complexity index is 649. The van der Waals surface area contributed by atoms with Crippen LogP contribution in [0, 0.1) is 5.92 Å². The van der Waals surface area contributed by atoms with Gasteiger partial charge in [0.2, 0.25) is 5.91 Å². The van der Waals surface area contributed by atoms with E-state index in [-0.39, 0.29) is 30.5 Å². The lowest BCUT2D eigenvalue weighted by atomic mass is 9.73. The number of hydrogen-bond acceptors (Lipinski definition) is 3. The Kier molecular flexibility index (Phi) is 7.69. The number of nitrogens with one attached hydrogen (secondary N) is 1. The minimum absolute atomic E-state index is 0.104. The first kappa shape index (κ1) is 21.1. The molecule has 0 radical (unpaired) electrons. The van der Waals surface area contributed by atoms with Gasteiger partial charge in [0, 0.05) is 37.5 Å². The van der Waals surface area contributed by atoms with E-state index in [4.69, 9.17) is 0 Å². The van der Waals surface area contributed by atoms with E-state index in [9.17, 15) is 9.90 Å². The number of likely N-dealkylation sites (tertiary alicyclic amines) is 1. The summed E-state index contributed by atoms with van der Waals surface area (Å²) in [7, 11) is 0. The molecule has 154 valence electrons. The molecular formula is C24H36N2O2. The summed E-state index contributed by atoms with van der Waals surface area (Å²) in [5.41, 5.74) is 2.46. The number of allylic oxidation sites excluding steroid dienone is 1. The molecule has 4 nitrogen and oxygen atoms in total. The molecule has 2 fully saturated rings. The molecule has 1 heterocycles. The van der Waals surface area contributed by atoms with E-state index < -0.39 is 0 Å². The van der Waals surface area contributed by atoms with Gasteiger partial charge in [-0.3, -0.25) is 9.69 Å². The van der Waals surface area contributed by atoms with E-state index in [1.807, 2.05) is 19.9 Å². The average molecular weight is 385 g/mol. The van der Waals surface area contributed by atoms with E-state index in [1.54, 1.807) is 0 Å². The fourth-order valence-corrected chi connectivity index (χ4v) is 5.02. The predicted molar refractivity (Wildman–Crippen MR) is 115 cm³/mol. The monoisotopic (exact) mass is 384 g/mol. The summed E-state index contributed by atoms with van der Waals surface area (Å²) < 4.78 is 0. The van der Waals surface area contributed by atoms with Crippen molar-refractivity contribution in [2.24, 2.45) is 5.92 Å². The van der Waals surface area contributed by atoms with E-state index >= 15 is 0 Å². The van der Waals surface area contributed by atoms with Gasteiger partial charge in [-0.1, -0.05) is 62.6 Å². The van der Waals surface area contributed by atoms with Gasteiger partial charge >= 0.3 is 0 Å². The average Bonchev–Trinajstić information content (AvgIpc) is 2.72. The third-order valence-electron chi connectivity index (χ3n) is 6.57. The second kappa shape index (κ2) is 10.2. The highest BCUT2D eigenvalue weighted by atomic mass is 16.3. The van der Waals surface area contributed by atoms with Gasteiger partial charge in [-0.05, 0) is 36.8 Å². The van der Waals surface area contributed by atoms with Crippen molar-refractivity contribution in [3.05, 3.63) is 41.5 Å². The standard InChI is InChI=1S/C24H36N2O2/c1-3-8-18-11-13-20(14-12-18)24-21(15-25-23(28)4-2)26(22(24)17-27)16-19-9-6-5-7-10-19/h3,8,11-14,19,21-22,24,27H,4-7,9-10,15-17H2,1-2H3,(H,25,28)/b8-3+/t21-,22+,24+/m0/s1. The number of aliphatic hydroxyl groups is 1. The summed E-state index contributed by atoms with van der Waals surface area (Å²) in [6, 6.07) is 9.09. The van der Waals surface area contributed by atoms with Crippen LogP contribution in [-0.4, -0.2) is 47.7 Å². The topological polar surface area (TPSA) is 52.6 Å². The van der Waals surface area contributed by atoms with Crippen LogP contribution in [0.2, 0.25) is 0 Å². The maximum absolute atomic E-state index is 11.9. The second-order valence-corrected chi connectivity index (χ2v) is 8.37. The van der Waals surface area contributed by atoms with E-state index in [0.717, 1.165) is 12.5 Å². The molecule has 0 unspecified atom stereocenters. The molecule has 3 rings (SSSR count). The van der Waals surface area contributed by atoms with Crippen molar-refractivity contribution in [3.63, 3.8) is 0 Å². The summed E-state index contributed by atoms with van der Waals surface area (Å²) >= 11 is 0. The van der Waals surface area contributed by atoms with E-state index in [2.05, 4.69) is 40.6 Å². The van der Waals surface area contributed by atoms with Gasteiger partial charge in [0.05, 0.1) is 6.61 Å². The van der Waals surface area contributed by atoms with Crippen molar-refractivity contribution < 1.29 is 9.90 Å². The molecule has 3 atom stereocenters. The summed E-state index contributed by atoms with van der Waals surface area (Å²) in [4.78, 5) is 14.3. The van der Waals surface area contributed by atoms with Crippen molar-refractivity contribution in [3.8, 4) is 0 Å². The SMILES string of the molecule is C/C=C/c1ccc([C@H]2[C@@H](CO)N(CC3CCCCC3)[C@H]2CNC(=O)CC)cc1. The number of carbonyl (C=O) groups excluding carboxylic acids is 1. The number of amides is 1. The first-order chi connectivity index (χ1) is 13.7. The smallest absolute Gasteiger partial charge is 0.219 e. The fraction of sp³-hybridized carbons (Fsp3) is 0.625. The molecule has 1 amide bonds. The van der Waals surface area contributed by atoms with Crippen molar-refractivity contribution >= 4 is 12.0 Å². The van der Waals surface area contributed by atoms with E-state index in [0.29, 0.717) is 13.0 Å². The molecule has 1 aromatic carbocycles. The van der Waals surface area contributed by atoms with Gasteiger partial charge in [-0.2, -0.15) is 0 Å². The Balaban J connectivity index is 1.76. The first-order valence-corrected chi connectivity index (χ1v) is 11.0. The lowest BCUT2D eigenvalue weighted by Gasteiger charge is -2.56. The number of hydrogen-bond donors (Lipinski definition) is 2. The number of carbonyl (C=O) groups is 1. The number of benzene rings is 1. The summed E-state index contributed by atoms with van der Waals surface area (Å²) in [6.45, 7) is 5.80.